The Morgan fingerprint density at radius 1 is 0.698 bits per heavy atom. The number of benzene rings is 4. The first-order chi connectivity index (χ1) is 20.9. The zero-order valence-electron chi connectivity index (χ0n) is 24.6. The normalized spacial score (nSPS) is 11.7. The molecule has 4 aromatic carbocycles. The molecule has 0 aliphatic heterocycles. The van der Waals surface area contributed by atoms with Crippen molar-refractivity contribution in [1.82, 2.24) is 15.5 Å². The van der Waals surface area contributed by atoms with E-state index in [1.807, 2.05) is 103 Å². The Bertz CT molecular complexity index is 1410. The minimum atomic E-state index is -0.707. The van der Waals surface area contributed by atoms with Gasteiger partial charge in [-0.05, 0) is 54.3 Å². The minimum absolute atomic E-state index is 0.170. The molecular formula is C36H40N4O3. The number of rotatable bonds is 15. The summed E-state index contributed by atoms with van der Waals surface area (Å²) in [7, 11) is 2.06. The number of carbonyl (C=O) groups excluding carboxylic acids is 3. The quantitative estimate of drug-likeness (QED) is 0.193. The molecule has 0 aliphatic carbocycles. The number of hydrogen-bond acceptors (Lipinski definition) is 4. The van der Waals surface area contributed by atoms with Crippen LogP contribution < -0.4 is 16.4 Å². The minimum Gasteiger partial charge on any atom is -0.369 e. The van der Waals surface area contributed by atoms with E-state index in [2.05, 4.69) is 34.7 Å². The van der Waals surface area contributed by atoms with Gasteiger partial charge in [0.15, 0.2) is 0 Å². The van der Waals surface area contributed by atoms with Crippen LogP contribution in [0, 0.1) is 0 Å². The molecule has 7 heteroatoms. The van der Waals surface area contributed by atoms with Crippen LogP contribution in [0.1, 0.15) is 46.6 Å². The summed E-state index contributed by atoms with van der Waals surface area (Å²) in [5, 5.41) is 6.09. The molecule has 0 radical (unpaired) electrons. The van der Waals surface area contributed by atoms with Gasteiger partial charge in [-0.1, -0.05) is 115 Å². The largest absolute Gasteiger partial charge is 0.369 e. The highest BCUT2D eigenvalue weighted by Gasteiger charge is 2.27. The monoisotopic (exact) mass is 576 g/mol. The summed E-state index contributed by atoms with van der Waals surface area (Å²) < 4.78 is 0. The lowest BCUT2D eigenvalue weighted by atomic mass is 9.90. The van der Waals surface area contributed by atoms with E-state index in [4.69, 9.17) is 5.73 Å². The molecule has 0 aliphatic rings. The Morgan fingerprint density at radius 2 is 1.23 bits per heavy atom. The van der Waals surface area contributed by atoms with Crippen molar-refractivity contribution in [3.05, 3.63) is 143 Å². The van der Waals surface area contributed by atoms with Crippen molar-refractivity contribution in [3.8, 4) is 0 Å². The number of hydrogen-bond donors (Lipinski definition) is 3. The molecule has 0 bridgehead atoms. The third kappa shape index (κ3) is 9.94. The first-order valence-corrected chi connectivity index (χ1v) is 14.7. The molecule has 222 valence electrons. The number of nitrogens with one attached hydrogen (secondary N) is 2. The molecule has 0 aromatic heterocycles. The third-order valence-electron chi connectivity index (χ3n) is 7.36. The SMILES string of the molecule is CN(CCCC(NC(=O)C(c1ccccc1)c1ccccc1)C(=O)NCc1ccc(CC(N)=O)cc1)Cc1ccccc1. The standard InChI is InChI=1S/C36H40N4O3/c1-40(26-29-12-5-2-6-13-29)23-11-18-32(35(42)38-25-28-21-19-27(20-22-28)24-33(37)41)39-36(43)34(30-14-7-3-8-15-30)31-16-9-4-10-17-31/h2-10,12-17,19-22,32,34H,11,18,23-26H2,1H3,(H2,37,41)(H,38,42)(H,39,43). The zero-order chi connectivity index (χ0) is 30.4. The Hall–Kier alpha value is -4.75. The van der Waals surface area contributed by atoms with Gasteiger partial charge in [0.05, 0.1) is 12.3 Å². The molecule has 3 amide bonds. The summed E-state index contributed by atoms with van der Waals surface area (Å²) in [4.78, 5) is 40.8. The molecule has 1 atom stereocenters. The highest BCUT2D eigenvalue weighted by atomic mass is 16.2. The van der Waals surface area contributed by atoms with Crippen molar-refractivity contribution in [3.63, 3.8) is 0 Å². The number of amides is 3. The molecule has 1 unspecified atom stereocenters. The van der Waals surface area contributed by atoms with Crippen molar-refractivity contribution in [1.29, 1.82) is 0 Å². The summed E-state index contributed by atoms with van der Waals surface area (Å²) in [5.41, 5.74) is 9.96. The van der Waals surface area contributed by atoms with Crippen LogP contribution in [0.15, 0.2) is 115 Å². The Labute approximate surface area is 254 Å². The highest BCUT2D eigenvalue weighted by molar-refractivity contribution is 5.92. The average Bonchev–Trinajstić information content (AvgIpc) is 3.01. The van der Waals surface area contributed by atoms with Gasteiger partial charge in [0, 0.05) is 13.1 Å². The summed E-state index contributed by atoms with van der Waals surface area (Å²) >= 11 is 0. The van der Waals surface area contributed by atoms with Crippen LogP contribution in [-0.4, -0.2) is 42.3 Å². The lowest BCUT2D eigenvalue weighted by Gasteiger charge is -2.24. The highest BCUT2D eigenvalue weighted by Crippen LogP contribution is 2.25. The summed E-state index contributed by atoms with van der Waals surface area (Å²) in [5.74, 6) is -1.39. The van der Waals surface area contributed by atoms with Crippen LogP contribution in [0.25, 0.3) is 0 Å². The van der Waals surface area contributed by atoms with Crippen molar-refractivity contribution in [2.75, 3.05) is 13.6 Å². The summed E-state index contributed by atoms with van der Waals surface area (Å²) in [6, 6.07) is 36.2. The second kappa shape index (κ2) is 16.0. The van der Waals surface area contributed by atoms with Crippen LogP contribution in [-0.2, 0) is 33.9 Å². The maximum absolute atomic E-state index is 13.9. The lowest BCUT2D eigenvalue weighted by Crippen LogP contribution is -2.48. The van der Waals surface area contributed by atoms with E-state index in [1.165, 1.54) is 5.56 Å². The molecule has 7 nitrogen and oxygen atoms in total. The number of nitrogens with zero attached hydrogens (tertiary/aromatic N) is 1. The van der Waals surface area contributed by atoms with Gasteiger partial charge >= 0.3 is 0 Å². The second-order valence-electron chi connectivity index (χ2n) is 10.9. The first kappa shape index (κ1) is 31.2. The third-order valence-corrected chi connectivity index (χ3v) is 7.36. The Kier molecular flexibility index (Phi) is 11.6. The van der Waals surface area contributed by atoms with Crippen LogP contribution in [0.3, 0.4) is 0 Å². The second-order valence-corrected chi connectivity index (χ2v) is 10.9. The smallest absolute Gasteiger partial charge is 0.242 e. The van der Waals surface area contributed by atoms with Crippen LogP contribution in [0.5, 0.6) is 0 Å². The topological polar surface area (TPSA) is 105 Å². The van der Waals surface area contributed by atoms with Crippen molar-refractivity contribution in [2.24, 2.45) is 5.73 Å². The van der Waals surface area contributed by atoms with Crippen molar-refractivity contribution in [2.45, 2.75) is 44.3 Å². The maximum atomic E-state index is 13.9. The molecular weight excluding hydrogens is 536 g/mol. The van der Waals surface area contributed by atoms with E-state index in [0.717, 1.165) is 41.8 Å². The van der Waals surface area contributed by atoms with Gasteiger partial charge in [-0.25, -0.2) is 0 Å². The molecule has 4 aromatic rings. The summed E-state index contributed by atoms with van der Waals surface area (Å²) in [6.07, 6.45) is 1.39. The van der Waals surface area contributed by atoms with Crippen LogP contribution >= 0.6 is 0 Å². The number of carbonyl (C=O) groups is 3. The van der Waals surface area contributed by atoms with E-state index in [9.17, 15) is 14.4 Å². The zero-order valence-corrected chi connectivity index (χ0v) is 24.6. The van der Waals surface area contributed by atoms with Crippen LogP contribution in [0.4, 0.5) is 0 Å². The average molecular weight is 577 g/mol. The van der Waals surface area contributed by atoms with E-state index in [0.29, 0.717) is 13.0 Å². The molecule has 0 saturated carbocycles. The predicted octanol–water partition coefficient (Wildman–Crippen LogP) is 4.56. The Balaban J connectivity index is 1.45. The maximum Gasteiger partial charge on any atom is 0.242 e. The van der Waals surface area contributed by atoms with Gasteiger partial charge in [-0.3, -0.25) is 14.4 Å². The fourth-order valence-corrected chi connectivity index (χ4v) is 5.14. The molecule has 0 spiro atoms. The van der Waals surface area contributed by atoms with E-state index < -0.39 is 17.9 Å². The van der Waals surface area contributed by atoms with E-state index >= 15 is 0 Å². The van der Waals surface area contributed by atoms with E-state index in [1.54, 1.807) is 0 Å². The summed E-state index contributed by atoms with van der Waals surface area (Å²) in [6.45, 7) is 1.88. The van der Waals surface area contributed by atoms with Gasteiger partial charge in [0.1, 0.15) is 6.04 Å². The van der Waals surface area contributed by atoms with Crippen molar-refractivity contribution < 1.29 is 14.4 Å². The fraction of sp³-hybridized carbons (Fsp3) is 0.250. The number of primary amides is 1. The number of nitrogens with two attached hydrogens (primary N) is 1. The van der Waals surface area contributed by atoms with Gasteiger partial charge in [0.2, 0.25) is 17.7 Å². The molecule has 0 heterocycles. The fourth-order valence-electron chi connectivity index (χ4n) is 5.14. The molecule has 0 saturated heterocycles. The molecule has 43 heavy (non-hydrogen) atoms. The first-order valence-electron chi connectivity index (χ1n) is 14.7. The van der Waals surface area contributed by atoms with Gasteiger partial charge in [0.25, 0.3) is 0 Å². The van der Waals surface area contributed by atoms with Gasteiger partial charge < -0.3 is 21.3 Å². The molecule has 0 fully saturated rings. The lowest BCUT2D eigenvalue weighted by molar-refractivity contribution is -0.129. The van der Waals surface area contributed by atoms with Crippen molar-refractivity contribution >= 4 is 17.7 Å². The molecule has 4 N–H and O–H groups in total. The van der Waals surface area contributed by atoms with Gasteiger partial charge in [-0.2, -0.15) is 0 Å². The van der Waals surface area contributed by atoms with E-state index in [-0.39, 0.29) is 18.2 Å². The van der Waals surface area contributed by atoms with Gasteiger partial charge in [-0.15, -0.1) is 0 Å². The van der Waals surface area contributed by atoms with Crippen LogP contribution in [0.2, 0.25) is 0 Å². The predicted molar refractivity (Wildman–Crippen MR) is 170 cm³/mol. The Morgan fingerprint density at radius 3 is 1.79 bits per heavy atom. The molecule has 4 rings (SSSR count).